The second-order valence-corrected chi connectivity index (χ2v) is 12.5. The molecule has 4 aliphatic rings. The molecule has 2 saturated heterocycles. The second kappa shape index (κ2) is 14.7. The summed E-state index contributed by atoms with van der Waals surface area (Å²) in [5.74, 6) is -1.23. The van der Waals surface area contributed by atoms with Gasteiger partial charge < -0.3 is 75.2 Å². The molecule has 2 aromatic carbocycles. The molecule has 0 bridgehead atoms. The van der Waals surface area contributed by atoms with E-state index in [1.165, 1.54) is 48.5 Å². The van der Waals surface area contributed by atoms with E-state index >= 15 is 0 Å². The number of phenolic OH excluding ortho intramolecular Hbond substituents is 1. The first kappa shape index (κ1) is 36.5. The minimum atomic E-state index is -1.83. The zero-order chi connectivity index (χ0) is 36.7. The summed E-state index contributed by atoms with van der Waals surface area (Å²) in [4.78, 5) is 24.7. The smallest absolute Gasteiger partial charge is 0.336 e. The molecule has 0 radical (unpaired) electrons. The van der Waals surface area contributed by atoms with Crippen LogP contribution in [0.5, 0.6) is 5.75 Å². The molecule has 6 rings (SSSR count). The highest BCUT2D eigenvalue weighted by atomic mass is 32.1. The summed E-state index contributed by atoms with van der Waals surface area (Å²) in [5, 5.41) is 97.8. The normalized spacial score (nSPS) is 29.5. The number of anilines is 1. The van der Waals surface area contributed by atoms with Crippen molar-refractivity contribution in [2.75, 3.05) is 18.5 Å². The van der Waals surface area contributed by atoms with Gasteiger partial charge in [0.05, 0.1) is 24.8 Å². The van der Waals surface area contributed by atoms with Gasteiger partial charge in [-0.25, -0.2) is 4.79 Å². The number of fused-ring (bicyclic) bond motifs is 2. The summed E-state index contributed by atoms with van der Waals surface area (Å²) in [6.07, 6.45) is -14.8. The van der Waals surface area contributed by atoms with E-state index in [1.807, 2.05) is 0 Å². The Hall–Kier alpha value is -4.31. The van der Waals surface area contributed by atoms with Crippen LogP contribution in [-0.2, 0) is 14.2 Å². The van der Waals surface area contributed by atoms with E-state index in [9.17, 15) is 55.5 Å². The maximum atomic E-state index is 12.6. The number of ether oxygens (including phenoxy) is 3. The van der Waals surface area contributed by atoms with Crippen molar-refractivity contribution in [1.82, 2.24) is 5.32 Å². The first-order valence-electron chi connectivity index (χ1n) is 15.5. The van der Waals surface area contributed by atoms with E-state index in [4.69, 9.17) is 30.8 Å². The van der Waals surface area contributed by atoms with Crippen molar-refractivity contribution in [3.63, 3.8) is 0 Å². The molecule has 11 N–H and O–H groups in total. The Morgan fingerprint density at radius 2 is 1.47 bits per heavy atom. The Labute approximate surface area is 292 Å². The summed E-state index contributed by atoms with van der Waals surface area (Å²) < 4.78 is 22.2. The molecule has 51 heavy (non-hydrogen) atoms. The Morgan fingerprint density at radius 1 is 0.804 bits per heavy atom. The molecule has 3 aliphatic heterocycles. The van der Waals surface area contributed by atoms with Crippen molar-refractivity contribution in [1.29, 1.82) is 0 Å². The first-order chi connectivity index (χ1) is 24.3. The quantitative estimate of drug-likeness (QED) is 0.0756. The number of thiocarbonyl (C=S) groups is 1. The molecule has 0 saturated carbocycles. The molecule has 272 valence electrons. The summed E-state index contributed by atoms with van der Waals surface area (Å²) in [7, 11) is 0. The standard InChI is InChI=1S/C33H34N2O15S/c36-10-21-24(26(41)28(43)31(48-21)50-32-29(44)27(42)25(40)22(11-37)49-32)35-33(51)34-12-1-4-15(18(7-12)30(45)46)23-16-5-2-13(38)8-19(16)47-20-9-14(39)3-6-17(20)23/h1-9,21-22,24-29,31-32,36-38,40-44H,10-11H2,(H,45,46)(H2,34,35,51)/t21-,22-,24-,25-,26+,27+,28-,29-,31-,32-/m1/s1. The lowest BCUT2D eigenvalue weighted by molar-refractivity contribution is -0.369. The highest BCUT2D eigenvalue weighted by Crippen LogP contribution is 2.42. The van der Waals surface area contributed by atoms with Crippen molar-refractivity contribution in [3.8, 4) is 28.2 Å². The van der Waals surface area contributed by atoms with E-state index < -0.39 is 80.5 Å². The number of carboxylic acids is 1. The van der Waals surface area contributed by atoms with E-state index in [1.54, 1.807) is 6.07 Å². The lowest BCUT2D eigenvalue weighted by Gasteiger charge is -2.45. The van der Waals surface area contributed by atoms with Crippen LogP contribution >= 0.6 is 12.2 Å². The van der Waals surface area contributed by atoms with E-state index in [0.29, 0.717) is 16.5 Å². The molecule has 0 unspecified atom stereocenters. The molecular weight excluding hydrogens is 696 g/mol. The zero-order valence-corrected chi connectivity index (χ0v) is 27.1. The largest absolute Gasteiger partial charge is 0.508 e. The highest BCUT2D eigenvalue weighted by Gasteiger charge is 2.50. The molecule has 1 aliphatic carbocycles. The van der Waals surface area contributed by atoms with Gasteiger partial charge in [-0.1, -0.05) is 6.07 Å². The van der Waals surface area contributed by atoms with E-state index in [0.717, 1.165) is 0 Å². The van der Waals surface area contributed by atoms with Crippen LogP contribution < -0.4 is 16.1 Å². The molecule has 0 spiro atoms. The number of carbonyl (C=O) groups is 1. The van der Waals surface area contributed by atoms with Gasteiger partial charge >= 0.3 is 5.97 Å². The number of aliphatic hydroxyl groups excluding tert-OH is 7. The zero-order valence-electron chi connectivity index (χ0n) is 26.3. The predicted molar refractivity (Wildman–Crippen MR) is 179 cm³/mol. The van der Waals surface area contributed by atoms with Crippen molar-refractivity contribution < 1.29 is 69.4 Å². The Kier molecular flexibility index (Phi) is 10.5. The van der Waals surface area contributed by atoms with Crippen molar-refractivity contribution in [2.24, 2.45) is 0 Å². The molecule has 2 fully saturated rings. The number of hydrogen-bond donors (Lipinski definition) is 11. The maximum Gasteiger partial charge on any atom is 0.336 e. The van der Waals surface area contributed by atoms with E-state index in [-0.39, 0.29) is 44.4 Å². The van der Waals surface area contributed by atoms with Crippen LogP contribution in [0.3, 0.4) is 0 Å². The number of aliphatic hydroxyl groups is 7. The van der Waals surface area contributed by atoms with Gasteiger partial charge in [0.25, 0.3) is 0 Å². The average molecular weight is 731 g/mol. The van der Waals surface area contributed by atoms with Gasteiger partial charge in [-0.05, 0) is 54.2 Å². The SMILES string of the molecule is O=C(O)c1cc(NC(=S)N[C@H]2[C@H](O)[C@@H](O)[C@@H](O[C@H]3O[C@H](CO)[C@@H](O)[C@H](O)[C@H]3O)O[C@@H]2CO)ccc1-c1c2ccc(=O)cc-2oc2cc(O)ccc12. The topological polar surface area (TPSA) is 281 Å². The molecule has 3 heterocycles. The summed E-state index contributed by atoms with van der Waals surface area (Å²) in [5.41, 5.74) is 1.03. The van der Waals surface area contributed by atoms with Crippen LogP contribution in [0.1, 0.15) is 10.4 Å². The number of aromatic hydroxyl groups is 1. The van der Waals surface area contributed by atoms with Gasteiger partial charge in [0, 0.05) is 34.3 Å². The second-order valence-electron chi connectivity index (χ2n) is 12.0. The van der Waals surface area contributed by atoms with Crippen LogP contribution in [0.15, 0.2) is 63.8 Å². The Morgan fingerprint density at radius 3 is 2.16 bits per heavy atom. The molecule has 0 amide bonds. The fourth-order valence-electron chi connectivity index (χ4n) is 6.18. The summed E-state index contributed by atoms with van der Waals surface area (Å²) in [6.45, 7) is -1.47. The number of carboxylic acid groups (broad SMARTS) is 1. The number of rotatable bonds is 8. The average Bonchev–Trinajstić information content (AvgIpc) is 3.10. The third-order valence-electron chi connectivity index (χ3n) is 8.75. The van der Waals surface area contributed by atoms with Gasteiger partial charge in [-0.15, -0.1) is 0 Å². The maximum absolute atomic E-state index is 12.6. The number of phenols is 1. The van der Waals surface area contributed by atoms with Crippen molar-refractivity contribution in [2.45, 2.75) is 61.3 Å². The van der Waals surface area contributed by atoms with Gasteiger partial charge in [0.1, 0.15) is 59.8 Å². The van der Waals surface area contributed by atoms with Gasteiger partial charge in [0.15, 0.2) is 23.1 Å². The molecular formula is C33H34N2O15S. The van der Waals surface area contributed by atoms with Gasteiger partial charge in [0.2, 0.25) is 0 Å². The lowest BCUT2D eigenvalue weighted by atomic mass is 9.90. The fourth-order valence-corrected chi connectivity index (χ4v) is 6.43. The van der Waals surface area contributed by atoms with Crippen LogP contribution in [0, 0.1) is 0 Å². The monoisotopic (exact) mass is 730 g/mol. The fraction of sp³-hybridized carbons (Fsp3) is 0.364. The van der Waals surface area contributed by atoms with Crippen LogP contribution in [-0.4, -0.2) is 132 Å². The van der Waals surface area contributed by atoms with E-state index in [2.05, 4.69) is 10.6 Å². The van der Waals surface area contributed by atoms with Crippen LogP contribution in [0.4, 0.5) is 5.69 Å². The third kappa shape index (κ3) is 7.12. The Bertz CT molecular complexity index is 1950. The minimum absolute atomic E-state index is 0.102. The number of aromatic carboxylic acids is 1. The third-order valence-corrected chi connectivity index (χ3v) is 8.97. The minimum Gasteiger partial charge on any atom is -0.508 e. The lowest BCUT2D eigenvalue weighted by Crippen LogP contribution is -2.67. The number of hydrogen-bond acceptors (Lipinski definition) is 15. The summed E-state index contributed by atoms with van der Waals surface area (Å²) >= 11 is 5.40. The van der Waals surface area contributed by atoms with Crippen LogP contribution in [0.25, 0.3) is 33.4 Å². The molecule has 2 aromatic rings. The molecule has 0 aromatic heterocycles. The number of nitrogens with one attached hydrogen (secondary N) is 2. The number of benzene rings is 3. The summed E-state index contributed by atoms with van der Waals surface area (Å²) in [6, 6.07) is 11.5. The highest BCUT2D eigenvalue weighted by molar-refractivity contribution is 7.80. The molecule has 10 atom stereocenters. The molecule has 17 nitrogen and oxygen atoms in total. The van der Waals surface area contributed by atoms with Gasteiger partial charge in [-0.2, -0.15) is 0 Å². The molecule has 18 heteroatoms. The Balaban J connectivity index is 1.21. The first-order valence-corrected chi connectivity index (χ1v) is 15.9. The van der Waals surface area contributed by atoms with Crippen molar-refractivity contribution in [3.05, 3.63) is 70.4 Å². The predicted octanol–water partition coefficient (Wildman–Crippen LogP) is -1.12. The van der Waals surface area contributed by atoms with Crippen molar-refractivity contribution >= 4 is 40.0 Å². The van der Waals surface area contributed by atoms with Crippen LogP contribution in [0.2, 0.25) is 0 Å². The van der Waals surface area contributed by atoms with Gasteiger partial charge in [-0.3, -0.25) is 4.79 Å².